The van der Waals surface area contributed by atoms with Crippen LogP contribution in [0.4, 0.5) is 0 Å². The van der Waals surface area contributed by atoms with Gasteiger partial charge in [0.2, 0.25) is 5.28 Å². The molecular weight excluding hydrogens is 164 g/mol. The minimum Gasteiger partial charge on any atom is -0.297 e. The molecule has 1 aliphatic rings. The van der Waals surface area contributed by atoms with Crippen LogP contribution in [0.5, 0.6) is 0 Å². The maximum atomic E-state index is 11.1. The molecule has 4 heteroatoms. The predicted molar refractivity (Wildman–Crippen MR) is 41.8 cm³/mol. The SMILES string of the molecule is O=c1[nH]c(Cl)ncc1C1CC1. The third kappa shape index (κ3) is 1.28. The average Bonchev–Trinajstić information content (AvgIpc) is 2.70. The first-order valence-corrected chi connectivity index (χ1v) is 3.90. The molecule has 1 aromatic heterocycles. The molecule has 0 aliphatic heterocycles. The molecule has 0 unspecified atom stereocenters. The second kappa shape index (κ2) is 2.34. The smallest absolute Gasteiger partial charge is 0.255 e. The third-order valence-corrected chi connectivity index (χ3v) is 2.01. The molecule has 0 atom stereocenters. The summed E-state index contributed by atoms with van der Waals surface area (Å²) in [5, 5.41) is 0.166. The topological polar surface area (TPSA) is 45.8 Å². The molecule has 0 saturated heterocycles. The number of hydrogen-bond acceptors (Lipinski definition) is 2. The molecule has 1 aliphatic carbocycles. The van der Waals surface area contributed by atoms with Crippen molar-refractivity contribution in [1.82, 2.24) is 9.97 Å². The van der Waals surface area contributed by atoms with Gasteiger partial charge in [0.25, 0.3) is 5.56 Å². The number of hydrogen-bond donors (Lipinski definition) is 1. The first-order valence-electron chi connectivity index (χ1n) is 3.52. The largest absolute Gasteiger partial charge is 0.297 e. The maximum absolute atomic E-state index is 11.1. The fraction of sp³-hybridized carbons (Fsp3) is 0.429. The Kier molecular flexibility index (Phi) is 1.46. The number of halogens is 1. The van der Waals surface area contributed by atoms with Crippen molar-refractivity contribution >= 4 is 11.6 Å². The van der Waals surface area contributed by atoms with Gasteiger partial charge in [-0.2, -0.15) is 0 Å². The van der Waals surface area contributed by atoms with Gasteiger partial charge in [-0.25, -0.2) is 4.98 Å². The van der Waals surface area contributed by atoms with E-state index in [2.05, 4.69) is 9.97 Å². The molecule has 1 heterocycles. The summed E-state index contributed by atoms with van der Waals surface area (Å²) in [7, 11) is 0. The highest BCUT2D eigenvalue weighted by molar-refractivity contribution is 6.28. The zero-order valence-electron chi connectivity index (χ0n) is 5.80. The normalized spacial score (nSPS) is 16.8. The van der Waals surface area contributed by atoms with E-state index in [1.54, 1.807) is 6.20 Å². The Morgan fingerprint density at radius 3 is 2.91 bits per heavy atom. The summed E-state index contributed by atoms with van der Waals surface area (Å²) in [6.07, 6.45) is 3.78. The van der Waals surface area contributed by atoms with Gasteiger partial charge in [-0.05, 0) is 30.4 Å². The van der Waals surface area contributed by atoms with Gasteiger partial charge < -0.3 is 0 Å². The van der Waals surface area contributed by atoms with E-state index in [0.29, 0.717) is 5.92 Å². The quantitative estimate of drug-likeness (QED) is 0.646. The molecule has 1 N–H and O–H groups in total. The van der Waals surface area contributed by atoms with Gasteiger partial charge in [-0.15, -0.1) is 0 Å². The zero-order chi connectivity index (χ0) is 7.84. The zero-order valence-corrected chi connectivity index (χ0v) is 6.56. The van der Waals surface area contributed by atoms with Crippen molar-refractivity contribution in [2.24, 2.45) is 0 Å². The number of rotatable bonds is 1. The van der Waals surface area contributed by atoms with Crippen LogP contribution in [0.15, 0.2) is 11.0 Å². The molecule has 0 spiro atoms. The van der Waals surface area contributed by atoms with Crippen LogP contribution in [0.3, 0.4) is 0 Å². The van der Waals surface area contributed by atoms with Gasteiger partial charge in [0, 0.05) is 11.8 Å². The molecule has 0 bridgehead atoms. The summed E-state index contributed by atoms with van der Waals surface area (Å²) in [6, 6.07) is 0. The van der Waals surface area contributed by atoms with E-state index >= 15 is 0 Å². The maximum Gasteiger partial charge on any atom is 0.255 e. The Morgan fingerprint density at radius 2 is 2.36 bits per heavy atom. The van der Waals surface area contributed by atoms with Crippen LogP contribution >= 0.6 is 11.6 Å². The first kappa shape index (κ1) is 6.85. The fourth-order valence-electron chi connectivity index (χ4n) is 1.07. The third-order valence-electron chi connectivity index (χ3n) is 1.81. The van der Waals surface area contributed by atoms with Crippen LogP contribution in [0, 0.1) is 0 Å². The van der Waals surface area contributed by atoms with Crippen molar-refractivity contribution in [3.63, 3.8) is 0 Å². The summed E-state index contributed by atoms with van der Waals surface area (Å²) < 4.78 is 0. The molecule has 0 aromatic carbocycles. The van der Waals surface area contributed by atoms with E-state index in [1.165, 1.54) is 0 Å². The fourth-order valence-corrected chi connectivity index (χ4v) is 1.20. The predicted octanol–water partition coefficient (Wildman–Crippen LogP) is 1.30. The number of aromatic amines is 1. The van der Waals surface area contributed by atoms with Crippen molar-refractivity contribution < 1.29 is 0 Å². The van der Waals surface area contributed by atoms with Gasteiger partial charge in [0.05, 0.1) is 0 Å². The van der Waals surface area contributed by atoms with Crippen LogP contribution < -0.4 is 5.56 Å². The number of aromatic nitrogens is 2. The van der Waals surface area contributed by atoms with Crippen molar-refractivity contribution in [3.05, 3.63) is 27.4 Å². The summed E-state index contributed by atoms with van der Waals surface area (Å²) in [6.45, 7) is 0. The van der Waals surface area contributed by atoms with Gasteiger partial charge in [0.15, 0.2) is 0 Å². The lowest BCUT2D eigenvalue weighted by Crippen LogP contribution is -2.12. The van der Waals surface area contributed by atoms with Crippen LogP contribution in [0.25, 0.3) is 0 Å². The second-order valence-corrected chi connectivity index (χ2v) is 3.09. The molecule has 3 nitrogen and oxygen atoms in total. The van der Waals surface area contributed by atoms with Gasteiger partial charge in [-0.1, -0.05) is 0 Å². The molecule has 0 amide bonds. The van der Waals surface area contributed by atoms with Crippen LogP contribution in [0.2, 0.25) is 5.28 Å². The van der Waals surface area contributed by atoms with Crippen molar-refractivity contribution in [2.75, 3.05) is 0 Å². The van der Waals surface area contributed by atoms with Gasteiger partial charge in [0.1, 0.15) is 0 Å². The average molecular weight is 171 g/mol. The second-order valence-electron chi connectivity index (χ2n) is 2.73. The Bertz CT molecular complexity index is 329. The van der Waals surface area contributed by atoms with E-state index in [0.717, 1.165) is 18.4 Å². The Morgan fingerprint density at radius 1 is 1.64 bits per heavy atom. The summed E-state index contributed by atoms with van der Waals surface area (Å²) >= 11 is 5.48. The summed E-state index contributed by atoms with van der Waals surface area (Å²) in [4.78, 5) is 17.4. The van der Waals surface area contributed by atoms with Crippen LogP contribution in [-0.4, -0.2) is 9.97 Å². The van der Waals surface area contributed by atoms with Gasteiger partial charge in [-0.3, -0.25) is 9.78 Å². The number of nitrogens with one attached hydrogen (secondary N) is 1. The molecule has 0 radical (unpaired) electrons. The van der Waals surface area contributed by atoms with Gasteiger partial charge >= 0.3 is 0 Å². The van der Waals surface area contributed by atoms with E-state index in [9.17, 15) is 4.79 Å². The van der Waals surface area contributed by atoms with Crippen molar-refractivity contribution in [1.29, 1.82) is 0 Å². The number of H-pyrrole nitrogens is 1. The highest BCUT2D eigenvalue weighted by Gasteiger charge is 2.26. The molecule has 1 saturated carbocycles. The highest BCUT2D eigenvalue weighted by Crippen LogP contribution is 2.37. The standard InChI is InChI=1S/C7H7ClN2O/c8-7-9-3-5(4-1-2-4)6(11)10-7/h3-4H,1-2H2,(H,9,10,11). The molecule has 11 heavy (non-hydrogen) atoms. The lowest BCUT2D eigenvalue weighted by atomic mass is 10.2. The number of nitrogens with zero attached hydrogens (tertiary/aromatic N) is 1. The molecule has 2 rings (SSSR count). The summed E-state index contributed by atoms with van der Waals surface area (Å²) in [5.41, 5.74) is 0.682. The minimum absolute atomic E-state index is 0.0903. The van der Waals surface area contributed by atoms with E-state index < -0.39 is 0 Å². The Balaban J connectivity index is 2.48. The first-order chi connectivity index (χ1) is 5.27. The molecule has 58 valence electrons. The Labute approximate surface area is 68.4 Å². The van der Waals surface area contributed by atoms with Crippen LogP contribution in [-0.2, 0) is 0 Å². The lowest BCUT2D eigenvalue weighted by molar-refractivity contribution is 0.995. The molecule has 1 fully saturated rings. The highest BCUT2D eigenvalue weighted by atomic mass is 35.5. The monoisotopic (exact) mass is 170 g/mol. The molecule has 1 aromatic rings. The molecular formula is C7H7ClN2O. The Hall–Kier alpha value is -0.830. The minimum atomic E-state index is -0.0903. The van der Waals surface area contributed by atoms with Crippen molar-refractivity contribution in [3.8, 4) is 0 Å². The lowest BCUT2D eigenvalue weighted by Gasteiger charge is -1.94. The van der Waals surface area contributed by atoms with E-state index in [1.807, 2.05) is 0 Å². The van der Waals surface area contributed by atoms with Crippen molar-refractivity contribution in [2.45, 2.75) is 18.8 Å². The van der Waals surface area contributed by atoms with Crippen LogP contribution in [0.1, 0.15) is 24.3 Å². The van der Waals surface area contributed by atoms with E-state index in [4.69, 9.17) is 11.6 Å². The summed E-state index contributed by atoms with van der Waals surface area (Å²) in [5.74, 6) is 0.434. The van der Waals surface area contributed by atoms with E-state index in [-0.39, 0.29) is 10.8 Å².